The number of halogens is 2. The minimum Gasteiger partial charge on any atom is -0.335 e. The second kappa shape index (κ2) is 12.2. The van der Waals surface area contributed by atoms with Gasteiger partial charge in [0, 0.05) is 54.6 Å². The number of nitriles is 1. The third-order valence-corrected chi connectivity index (χ3v) is 8.51. The Morgan fingerprint density at radius 1 is 1.23 bits per heavy atom. The molecule has 224 valence electrons. The predicted molar refractivity (Wildman–Crippen MR) is 169 cm³/mol. The number of carbonyl (C=O) groups excluding carboxylic acids is 1. The van der Waals surface area contributed by atoms with Crippen LogP contribution < -0.4 is 0 Å². The van der Waals surface area contributed by atoms with Gasteiger partial charge >= 0.3 is 0 Å². The van der Waals surface area contributed by atoms with Gasteiger partial charge in [-0.25, -0.2) is 19.3 Å². The number of fused-ring (bicyclic) bond motifs is 3. The van der Waals surface area contributed by atoms with E-state index in [-0.39, 0.29) is 40.5 Å². The number of likely N-dealkylation sites (N-methyl/N-ethyl adjacent to an activating group) is 1. The van der Waals surface area contributed by atoms with Crippen molar-refractivity contribution in [1.82, 2.24) is 33.9 Å². The van der Waals surface area contributed by atoms with E-state index in [9.17, 15) is 10.1 Å². The van der Waals surface area contributed by atoms with Crippen LogP contribution >= 0.6 is 11.6 Å². The summed E-state index contributed by atoms with van der Waals surface area (Å²) in [6, 6.07) is 12.9. The summed E-state index contributed by atoms with van der Waals surface area (Å²) in [5.74, 6) is 0.540. The molecule has 0 N–H and O–H groups in total. The summed E-state index contributed by atoms with van der Waals surface area (Å²) < 4.78 is 20.4. The van der Waals surface area contributed by atoms with Gasteiger partial charge in [0.1, 0.15) is 16.9 Å². The molecular weight excluding hydrogens is 579 g/mol. The molecule has 0 radical (unpaired) electrons. The van der Waals surface area contributed by atoms with Gasteiger partial charge in [0.25, 0.3) is 0 Å². The highest BCUT2D eigenvalue weighted by atomic mass is 35.5. The Balaban J connectivity index is 1.49. The number of piperidine rings is 1. The molecule has 0 spiro atoms. The smallest absolute Gasteiger partial charge is 0.246 e. The minimum atomic E-state index is -0.514. The lowest BCUT2D eigenvalue weighted by atomic mass is 9.94. The number of aryl methyl sites for hydroxylation is 1. The Labute approximate surface area is 259 Å². The topological polar surface area (TPSA) is 95.9 Å². The molecule has 0 saturated carbocycles. The van der Waals surface area contributed by atoms with E-state index in [4.69, 9.17) is 21.6 Å². The minimum absolute atomic E-state index is 0.0916. The van der Waals surface area contributed by atoms with Crippen LogP contribution in [0.5, 0.6) is 0 Å². The number of hydrogen-bond acceptors (Lipinski definition) is 6. The molecule has 6 rings (SSSR count). The van der Waals surface area contributed by atoms with Crippen LogP contribution in [0.1, 0.15) is 31.1 Å². The van der Waals surface area contributed by atoms with Crippen molar-refractivity contribution in [2.75, 3.05) is 27.2 Å². The van der Waals surface area contributed by atoms with Gasteiger partial charge in [0.2, 0.25) is 5.91 Å². The van der Waals surface area contributed by atoms with Crippen molar-refractivity contribution >= 4 is 39.4 Å². The maximum absolute atomic E-state index is 16.5. The van der Waals surface area contributed by atoms with Gasteiger partial charge in [0.05, 0.1) is 29.4 Å². The lowest BCUT2D eigenvalue weighted by Crippen LogP contribution is -2.45. The van der Waals surface area contributed by atoms with E-state index in [1.54, 1.807) is 40.3 Å². The quantitative estimate of drug-likeness (QED) is 0.207. The second-order valence-corrected chi connectivity index (χ2v) is 11.7. The molecule has 1 aliphatic heterocycles. The summed E-state index contributed by atoms with van der Waals surface area (Å²) in [5, 5.41) is 10.5. The normalized spacial score (nSPS) is 17.2. The summed E-state index contributed by atoms with van der Waals surface area (Å²) in [6.45, 7) is 2.98. The Hall–Kier alpha value is -4.59. The Bertz CT molecular complexity index is 1920. The van der Waals surface area contributed by atoms with Gasteiger partial charge < -0.3 is 14.4 Å². The molecule has 3 aromatic heterocycles. The molecule has 44 heavy (non-hydrogen) atoms. The molecule has 2 aromatic carbocycles. The first-order valence-corrected chi connectivity index (χ1v) is 14.9. The van der Waals surface area contributed by atoms with E-state index in [1.807, 2.05) is 66.9 Å². The number of nitrogens with zero attached hydrogens (tertiary/aromatic N) is 8. The van der Waals surface area contributed by atoms with Gasteiger partial charge in [-0.2, -0.15) is 5.26 Å². The number of benzene rings is 2. The molecule has 4 heterocycles. The van der Waals surface area contributed by atoms with Crippen molar-refractivity contribution in [3.05, 3.63) is 83.9 Å². The van der Waals surface area contributed by atoms with E-state index >= 15 is 4.39 Å². The van der Waals surface area contributed by atoms with E-state index < -0.39 is 5.82 Å². The molecule has 1 fully saturated rings. The second-order valence-electron chi connectivity index (χ2n) is 11.3. The predicted octanol–water partition coefficient (Wildman–Crippen LogP) is 6.10. The van der Waals surface area contributed by atoms with Crippen LogP contribution in [-0.2, 0) is 4.79 Å². The summed E-state index contributed by atoms with van der Waals surface area (Å²) in [6.07, 6.45) is 10.0. The van der Waals surface area contributed by atoms with Crippen molar-refractivity contribution < 1.29 is 9.18 Å². The number of aromatic nitrogens is 5. The summed E-state index contributed by atoms with van der Waals surface area (Å²) in [4.78, 5) is 30.8. The lowest BCUT2D eigenvalue weighted by molar-refractivity contribution is -0.130. The van der Waals surface area contributed by atoms with Crippen LogP contribution in [-0.4, -0.2) is 73.0 Å². The number of imidazole rings is 2. The van der Waals surface area contributed by atoms with Gasteiger partial charge in [0.15, 0.2) is 11.6 Å². The SMILES string of the molecule is Cc1nccn1-c1nc2c(F)c(-c3ccccc3)c(Cl)cc2c2c1ncn2[C@H]1CCN(C(=O)/C=C/CN(C)C)[C@H](CC#N)C1. The standard InChI is InChI=1S/C33H32ClFN8O/c1-21-37-14-17-41(21)33-31-32(25-19-26(34)28(29(35)30(25)39-33)22-8-5-4-6-9-22)43(20-38-31)24-12-16-42(23(18-24)11-13-36)27(44)10-7-15-40(2)3/h4-10,14,17,19-20,23-24H,11-12,15-16,18H2,1-3H3/b10-7+/t23-,24+/m1/s1. The number of pyridine rings is 1. The Morgan fingerprint density at radius 2 is 2.02 bits per heavy atom. The molecule has 9 nitrogen and oxygen atoms in total. The fraction of sp³-hybridized carbons (Fsp3) is 0.303. The van der Waals surface area contributed by atoms with Crippen molar-refractivity contribution in [2.45, 2.75) is 38.3 Å². The molecule has 0 aliphatic carbocycles. The van der Waals surface area contributed by atoms with E-state index in [0.717, 1.165) is 0 Å². The van der Waals surface area contributed by atoms with E-state index in [0.29, 0.717) is 59.6 Å². The molecule has 1 saturated heterocycles. The summed E-state index contributed by atoms with van der Waals surface area (Å²) in [7, 11) is 3.88. The maximum atomic E-state index is 16.5. The number of carbonyl (C=O) groups is 1. The van der Waals surface area contributed by atoms with Crippen LogP contribution in [0.2, 0.25) is 5.02 Å². The fourth-order valence-corrected chi connectivity index (χ4v) is 6.40. The summed E-state index contributed by atoms with van der Waals surface area (Å²) >= 11 is 6.79. The fourth-order valence-electron chi connectivity index (χ4n) is 6.10. The maximum Gasteiger partial charge on any atom is 0.246 e. The first kappa shape index (κ1) is 29.5. The van der Waals surface area contributed by atoms with Crippen molar-refractivity contribution in [3.8, 4) is 23.0 Å². The van der Waals surface area contributed by atoms with Crippen molar-refractivity contribution in [1.29, 1.82) is 5.26 Å². The highest BCUT2D eigenvalue weighted by Gasteiger charge is 2.33. The molecule has 11 heteroatoms. The Morgan fingerprint density at radius 3 is 2.73 bits per heavy atom. The Kier molecular flexibility index (Phi) is 8.17. The number of likely N-dealkylation sites (tertiary alicyclic amines) is 1. The van der Waals surface area contributed by atoms with Crippen LogP contribution in [0.4, 0.5) is 4.39 Å². The van der Waals surface area contributed by atoms with E-state index in [2.05, 4.69) is 11.1 Å². The largest absolute Gasteiger partial charge is 0.335 e. The zero-order valence-corrected chi connectivity index (χ0v) is 25.5. The van der Waals surface area contributed by atoms with Gasteiger partial charge in [-0.3, -0.25) is 9.36 Å². The van der Waals surface area contributed by atoms with E-state index in [1.165, 1.54) is 0 Å². The molecule has 5 aromatic rings. The average Bonchev–Trinajstić information content (AvgIpc) is 3.64. The first-order valence-electron chi connectivity index (χ1n) is 14.5. The zero-order valence-electron chi connectivity index (χ0n) is 24.8. The highest BCUT2D eigenvalue weighted by molar-refractivity contribution is 6.34. The van der Waals surface area contributed by atoms with Crippen LogP contribution in [0.25, 0.3) is 38.9 Å². The zero-order chi connectivity index (χ0) is 31.0. The van der Waals surface area contributed by atoms with Gasteiger partial charge in [-0.15, -0.1) is 0 Å². The average molecular weight is 611 g/mol. The van der Waals surface area contributed by atoms with Crippen molar-refractivity contribution in [3.63, 3.8) is 0 Å². The van der Waals surface area contributed by atoms with Crippen LogP contribution in [0, 0.1) is 24.1 Å². The third-order valence-electron chi connectivity index (χ3n) is 8.21. The van der Waals surface area contributed by atoms with Crippen molar-refractivity contribution in [2.24, 2.45) is 0 Å². The number of amides is 1. The number of hydrogen-bond donors (Lipinski definition) is 0. The van der Waals surface area contributed by atoms with Crippen LogP contribution in [0.15, 0.2) is 67.3 Å². The molecule has 2 atom stereocenters. The third kappa shape index (κ3) is 5.34. The van der Waals surface area contributed by atoms with Gasteiger partial charge in [-0.1, -0.05) is 48.0 Å². The van der Waals surface area contributed by atoms with Crippen LogP contribution in [0.3, 0.4) is 0 Å². The molecular formula is C33H32ClFN8O. The lowest BCUT2D eigenvalue weighted by Gasteiger charge is -2.38. The summed E-state index contributed by atoms with van der Waals surface area (Å²) in [5.41, 5.74) is 2.41. The number of rotatable bonds is 7. The first-order chi connectivity index (χ1) is 21.3. The molecule has 0 unspecified atom stereocenters. The monoisotopic (exact) mass is 610 g/mol. The highest BCUT2D eigenvalue weighted by Crippen LogP contribution is 2.41. The van der Waals surface area contributed by atoms with Gasteiger partial charge in [-0.05, 0) is 45.5 Å². The molecule has 1 amide bonds. The molecule has 1 aliphatic rings. The molecule has 0 bridgehead atoms.